The topological polar surface area (TPSA) is 38.8 Å². The zero-order valence-corrected chi connectivity index (χ0v) is 10.6. The largest absolute Gasteiger partial charge is 0.494 e. The van der Waals surface area contributed by atoms with Crippen molar-refractivity contribution in [1.29, 1.82) is 0 Å². The first-order valence-electron chi connectivity index (χ1n) is 5.59. The van der Waals surface area contributed by atoms with Gasteiger partial charge in [-0.05, 0) is 44.8 Å². The fourth-order valence-corrected chi connectivity index (χ4v) is 1.38. The smallest absolute Gasteiger partial charge is 0.337 e. The van der Waals surface area contributed by atoms with Crippen LogP contribution in [-0.4, -0.2) is 45.2 Å². The molecule has 0 amide bonds. The Labute approximate surface area is 102 Å². The highest BCUT2D eigenvalue weighted by Crippen LogP contribution is 2.12. The number of esters is 1. The molecule has 1 aromatic carbocycles. The summed E-state index contributed by atoms with van der Waals surface area (Å²) in [6.45, 7) is 1.68. The first kappa shape index (κ1) is 13.5. The molecule has 0 aliphatic rings. The maximum Gasteiger partial charge on any atom is 0.337 e. The van der Waals surface area contributed by atoms with E-state index < -0.39 is 0 Å². The second kappa shape index (κ2) is 6.91. The number of ether oxygens (including phenoxy) is 2. The summed E-state index contributed by atoms with van der Waals surface area (Å²) in [5.41, 5.74) is 0.535. The first-order valence-corrected chi connectivity index (χ1v) is 5.59. The van der Waals surface area contributed by atoms with E-state index in [2.05, 4.69) is 9.64 Å². The molecule has 0 unspecified atom stereocenters. The van der Waals surface area contributed by atoms with E-state index in [9.17, 15) is 4.79 Å². The molecule has 0 radical (unpaired) electrons. The maximum atomic E-state index is 11.2. The van der Waals surface area contributed by atoms with Crippen molar-refractivity contribution in [3.8, 4) is 5.75 Å². The van der Waals surface area contributed by atoms with Crippen LogP contribution in [0, 0.1) is 0 Å². The molecular weight excluding hydrogens is 218 g/mol. The van der Waals surface area contributed by atoms with Gasteiger partial charge in [0, 0.05) is 6.54 Å². The van der Waals surface area contributed by atoms with Gasteiger partial charge >= 0.3 is 5.97 Å². The van der Waals surface area contributed by atoms with Gasteiger partial charge in [-0.3, -0.25) is 0 Å². The number of hydrogen-bond acceptors (Lipinski definition) is 4. The van der Waals surface area contributed by atoms with Crippen LogP contribution in [0.5, 0.6) is 5.75 Å². The Morgan fingerprint density at radius 2 is 1.88 bits per heavy atom. The highest BCUT2D eigenvalue weighted by atomic mass is 16.5. The number of nitrogens with zero attached hydrogens (tertiary/aromatic N) is 1. The highest BCUT2D eigenvalue weighted by Gasteiger charge is 2.04. The summed E-state index contributed by atoms with van der Waals surface area (Å²) in [5.74, 6) is 0.445. The summed E-state index contributed by atoms with van der Waals surface area (Å²) in [5, 5.41) is 0. The Kier molecular flexibility index (Phi) is 5.49. The van der Waals surface area contributed by atoms with Crippen molar-refractivity contribution in [1.82, 2.24) is 4.90 Å². The first-order chi connectivity index (χ1) is 8.13. The zero-order chi connectivity index (χ0) is 12.7. The molecule has 0 atom stereocenters. The Balaban J connectivity index is 2.38. The lowest BCUT2D eigenvalue weighted by Gasteiger charge is -2.10. The summed E-state index contributed by atoms with van der Waals surface area (Å²) in [7, 11) is 5.43. The van der Waals surface area contributed by atoms with E-state index in [1.807, 2.05) is 14.1 Å². The molecule has 0 aliphatic carbocycles. The minimum Gasteiger partial charge on any atom is -0.494 e. The number of carbonyl (C=O) groups is 1. The van der Waals surface area contributed by atoms with E-state index in [0.717, 1.165) is 18.7 Å². The van der Waals surface area contributed by atoms with Gasteiger partial charge in [-0.1, -0.05) is 0 Å². The molecule has 0 fully saturated rings. The Hall–Kier alpha value is -1.55. The van der Waals surface area contributed by atoms with Gasteiger partial charge in [-0.25, -0.2) is 4.79 Å². The number of benzene rings is 1. The van der Waals surface area contributed by atoms with Gasteiger partial charge in [0.2, 0.25) is 0 Å². The minimum atomic E-state index is -0.329. The van der Waals surface area contributed by atoms with Crippen LogP contribution >= 0.6 is 0 Å². The molecule has 94 valence electrons. The number of methoxy groups -OCH3 is 1. The van der Waals surface area contributed by atoms with Crippen LogP contribution in [0.25, 0.3) is 0 Å². The Morgan fingerprint density at radius 1 is 1.24 bits per heavy atom. The molecule has 4 nitrogen and oxygen atoms in total. The van der Waals surface area contributed by atoms with Gasteiger partial charge in [-0.2, -0.15) is 0 Å². The lowest BCUT2D eigenvalue weighted by Crippen LogP contribution is -2.15. The maximum absolute atomic E-state index is 11.2. The second-order valence-corrected chi connectivity index (χ2v) is 4.02. The van der Waals surface area contributed by atoms with Crippen molar-refractivity contribution in [2.24, 2.45) is 0 Å². The third-order valence-electron chi connectivity index (χ3n) is 2.29. The monoisotopic (exact) mass is 237 g/mol. The number of carbonyl (C=O) groups excluding carboxylic acids is 1. The van der Waals surface area contributed by atoms with E-state index in [4.69, 9.17) is 4.74 Å². The summed E-state index contributed by atoms with van der Waals surface area (Å²) >= 11 is 0. The van der Waals surface area contributed by atoms with Gasteiger partial charge in [-0.15, -0.1) is 0 Å². The molecule has 0 aromatic heterocycles. The van der Waals surface area contributed by atoms with E-state index in [1.165, 1.54) is 7.11 Å². The lowest BCUT2D eigenvalue weighted by atomic mass is 10.2. The normalized spacial score (nSPS) is 10.4. The average molecular weight is 237 g/mol. The predicted octanol–water partition coefficient (Wildman–Crippen LogP) is 1.80. The van der Waals surface area contributed by atoms with Crippen molar-refractivity contribution in [3.63, 3.8) is 0 Å². The van der Waals surface area contributed by atoms with Crippen LogP contribution in [0.4, 0.5) is 0 Å². The van der Waals surface area contributed by atoms with E-state index in [0.29, 0.717) is 12.2 Å². The predicted molar refractivity (Wildman–Crippen MR) is 66.4 cm³/mol. The lowest BCUT2D eigenvalue weighted by molar-refractivity contribution is 0.0600. The summed E-state index contributed by atoms with van der Waals surface area (Å²) in [6, 6.07) is 6.96. The van der Waals surface area contributed by atoms with Crippen molar-refractivity contribution in [2.75, 3.05) is 34.4 Å². The van der Waals surface area contributed by atoms with E-state index >= 15 is 0 Å². The van der Waals surface area contributed by atoms with E-state index in [1.54, 1.807) is 24.3 Å². The van der Waals surface area contributed by atoms with Crippen LogP contribution < -0.4 is 4.74 Å². The third kappa shape index (κ3) is 4.87. The van der Waals surface area contributed by atoms with Crippen LogP contribution in [0.2, 0.25) is 0 Å². The van der Waals surface area contributed by atoms with Crippen molar-refractivity contribution >= 4 is 5.97 Å². The standard InChI is InChI=1S/C13H19NO3/c1-14(2)9-4-10-17-12-7-5-11(6-8-12)13(15)16-3/h5-8H,4,9-10H2,1-3H3. The molecular formula is C13H19NO3. The molecule has 1 aromatic rings. The summed E-state index contributed by atoms with van der Waals surface area (Å²) in [6.07, 6.45) is 0.978. The minimum absolute atomic E-state index is 0.329. The van der Waals surface area contributed by atoms with Crippen molar-refractivity contribution in [2.45, 2.75) is 6.42 Å². The molecule has 0 heterocycles. The van der Waals surface area contributed by atoms with Gasteiger partial charge in [0.15, 0.2) is 0 Å². The molecule has 1 rings (SSSR count). The molecule has 0 saturated carbocycles. The molecule has 0 bridgehead atoms. The molecule has 17 heavy (non-hydrogen) atoms. The zero-order valence-electron chi connectivity index (χ0n) is 10.6. The Bertz CT molecular complexity index is 346. The van der Waals surface area contributed by atoms with Crippen LogP contribution in [0.3, 0.4) is 0 Å². The van der Waals surface area contributed by atoms with E-state index in [-0.39, 0.29) is 5.97 Å². The Morgan fingerprint density at radius 3 is 2.41 bits per heavy atom. The van der Waals surface area contributed by atoms with Crippen LogP contribution in [0.1, 0.15) is 16.8 Å². The van der Waals surface area contributed by atoms with Gasteiger partial charge in [0.25, 0.3) is 0 Å². The second-order valence-electron chi connectivity index (χ2n) is 4.02. The third-order valence-corrected chi connectivity index (χ3v) is 2.29. The molecule has 0 N–H and O–H groups in total. The number of hydrogen-bond donors (Lipinski definition) is 0. The van der Waals surface area contributed by atoms with Crippen molar-refractivity contribution in [3.05, 3.63) is 29.8 Å². The summed E-state index contributed by atoms with van der Waals surface area (Å²) in [4.78, 5) is 13.3. The molecule has 0 spiro atoms. The van der Waals surface area contributed by atoms with Crippen LogP contribution in [-0.2, 0) is 4.74 Å². The molecule has 0 aliphatic heterocycles. The van der Waals surface area contributed by atoms with Crippen LogP contribution in [0.15, 0.2) is 24.3 Å². The van der Waals surface area contributed by atoms with Gasteiger partial charge in [0.1, 0.15) is 5.75 Å². The van der Waals surface area contributed by atoms with Crippen molar-refractivity contribution < 1.29 is 14.3 Å². The SMILES string of the molecule is COC(=O)c1ccc(OCCCN(C)C)cc1. The number of rotatable bonds is 6. The van der Waals surface area contributed by atoms with Gasteiger partial charge < -0.3 is 14.4 Å². The fourth-order valence-electron chi connectivity index (χ4n) is 1.38. The average Bonchev–Trinajstić information content (AvgIpc) is 2.34. The highest BCUT2D eigenvalue weighted by molar-refractivity contribution is 5.89. The molecule has 0 saturated heterocycles. The van der Waals surface area contributed by atoms with Gasteiger partial charge in [0.05, 0.1) is 19.3 Å². The fraction of sp³-hybridized carbons (Fsp3) is 0.462. The summed E-state index contributed by atoms with van der Waals surface area (Å²) < 4.78 is 10.2. The quantitative estimate of drug-likeness (QED) is 0.558. The molecule has 4 heteroatoms.